The number of rotatable bonds is 4. The Balaban J connectivity index is 1.80. The van der Waals surface area contributed by atoms with Gasteiger partial charge in [0.25, 0.3) is 10.0 Å². The second kappa shape index (κ2) is 7.67. The van der Waals surface area contributed by atoms with Crippen LogP contribution >= 0.6 is 46.3 Å². The van der Waals surface area contributed by atoms with Crippen LogP contribution in [-0.4, -0.2) is 29.6 Å². The van der Waals surface area contributed by atoms with Crippen molar-refractivity contribution in [2.24, 2.45) is 5.41 Å². The monoisotopic (exact) mass is 500 g/mol. The number of thiophene rings is 1. The molecule has 0 spiro atoms. The molecule has 0 saturated carbocycles. The second-order valence-electron chi connectivity index (χ2n) is 7.87. The standard InChI is InChI=1S/C20H18Cl2N2O3S3/c1-20(2)9-12-17(16(25)10-20)19(28-3)29-18(12)15-6-7-24(23-15)30(26,27)11-4-5-13(21)14(22)8-11/h4-8H,9-10H2,1-3H3. The Morgan fingerprint density at radius 3 is 2.57 bits per heavy atom. The lowest BCUT2D eigenvalue weighted by atomic mass is 9.74. The molecular weight excluding hydrogens is 483 g/mol. The zero-order chi connectivity index (χ0) is 21.8. The zero-order valence-electron chi connectivity index (χ0n) is 16.4. The number of carbonyl (C=O) groups excluding carboxylic acids is 1. The van der Waals surface area contributed by atoms with Gasteiger partial charge in [-0.05, 0) is 47.9 Å². The Morgan fingerprint density at radius 1 is 1.17 bits per heavy atom. The maximum absolute atomic E-state index is 13.0. The molecule has 0 unspecified atom stereocenters. The van der Waals surface area contributed by atoms with E-state index in [1.54, 1.807) is 6.07 Å². The highest BCUT2D eigenvalue weighted by Crippen LogP contribution is 2.47. The molecule has 3 aromatic rings. The molecule has 4 rings (SSSR count). The number of hydrogen-bond donors (Lipinski definition) is 0. The van der Waals surface area contributed by atoms with Crippen LogP contribution in [0.2, 0.25) is 10.0 Å². The predicted molar refractivity (Wildman–Crippen MR) is 123 cm³/mol. The molecule has 0 radical (unpaired) electrons. The first-order valence-electron chi connectivity index (χ1n) is 9.03. The maximum Gasteiger partial charge on any atom is 0.283 e. The van der Waals surface area contributed by atoms with Gasteiger partial charge in [-0.25, -0.2) is 0 Å². The van der Waals surface area contributed by atoms with Crippen LogP contribution in [0.15, 0.2) is 39.6 Å². The molecule has 5 nitrogen and oxygen atoms in total. The van der Waals surface area contributed by atoms with Crippen molar-refractivity contribution in [1.29, 1.82) is 0 Å². The van der Waals surface area contributed by atoms with Gasteiger partial charge in [-0.3, -0.25) is 4.79 Å². The van der Waals surface area contributed by atoms with Crippen molar-refractivity contribution >= 4 is 62.1 Å². The average Bonchev–Trinajstić information content (AvgIpc) is 3.27. The van der Waals surface area contributed by atoms with Gasteiger partial charge in [0.15, 0.2) is 5.78 Å². The van der Waals surface area contributed by atoms with Crippen LogP contribution in [0.5, 0.6) is 0 Å². The van der Waals surface area contributed by atoms with Crippen molar-refractivity contribution in [2.45, 2.75) is 35.8 Å². The second-order valence-corrected chi connectivity index (χ2v) is 12.6. The average molecular weight is 501 g/mol. The third-order valence-electron chi connectivity index (χ3n) is 4.97. The van der Waals surface area contributed by atoms with Gasteiger partial charge in [-0.2, -0.15) is 17.6 Å². The van der Waals surface area contributed by atoms with E-state index in [2.05, 4.69) is 18.9 Å². The van der Waals surface area contributed by atoms with Crippen LogP contribution in [0.1, 0.15) is 36.2 Å². The van der Waals surface area contributed by atoms with E-state index in [0.717, 1.165) is 30.7 Å². The van der Waals surface area contributed by atoms with E-state index in [4.69, 9.17) is 23.2 Å². The molecule has 1 aromatic carbocycles. The molecule has 0 atom stereocenters. The Bertz CT molecular complexity index is 1280. The molecule has 0 fully saturated rings. The number of benzene rings is 1. The zero-order valence-corrected chi connectivity index (χ0v) is 20.4. The van der Waals surface area contributed by atoms with Gasteiger partial charge in [-0.15, -0.1) is 23.1 Å². The Labute approximate surface area is 193 Å². The first-order valence-corrected chi connectivity index (χ1v) is 13.3. The molecule has 2 aromatic heterocycles. The summed E-state index contributed by atoms with van der Waals surface area (Å²) >= 11 is 14.9. The fourth-order valence-electron chi connectivity index (χ4n) is 3.62. The predicted octanol–water partition coefficient (Wildman–Crippen LogP) is 6.03. The summed E-state index contributed by atoms with van der Waals surface area (Å²) in [7, 11) is -3.92. The van der Waals surface area contributed by atoms with Gasteiger partial charge >= 0.3 is 0 Å². The van der Waals surface area contributed by atoms with Gasteiger partial charge in [0.1, 0.15) is 5.69 Å². The number of aromatic nitrogens is 2. The van der Waals surface area contributed by atoms with E-state index < -0.39 is 10.0 Å². The molecule has 158 valence electrons. The lowest BCUT2D eigenvalue weighted by molar-refractivity contribution is 0.0910. The van der Waals surface area contributed by atoms with Crippen LogP contribution in [0, 0.1) is 5.41 Å². The summed E-state index contributed by atoms with van der Waals surface area (Å²) in [6.45, 7) is 4.14. The van der Waals surface area contributed by atoms with Gasteiger partial charge in [0.05, 0.1) is 24.0 Å². The minimum Gasteiger partial charge on any atom is -0.294 e. The summed E-state index contributed by atoms with van der Waals surface area (Å²) in [4.78, 5) is 13.6. The number of Topliss-reactive ketones (excluding diaryl/α,β-unsaturated/α-hetero) is 1. The Morgan fingerprint density at radius 2 is 1.90 bits per heavy atom. The van der Waals surface area contributed by atoms with Gasteiger partial charge in [0, 0.05) is 18.2 Å². The number of nitrogens with zero attached hydrogens (tertiary/aromatic N) is 2. The lowest BCUT2D eigenvalue weighted by Gasteiger charge is -2.29. The Kier molecular flexibility index (Phi) is 5.60. The molecule has 2 heterocycles. The van der Waals surface area contributed by atoms with Crippen LogP contribution in [0.3, 0.4) is 0 Å². The van der Waals surface area contributed by atoms with Gasteiger partial charge in [0.2, 0.25) is 0 Å². The summed E-state index contributed by atoms with van der Waals surface area (Å²) in [6, 6.07) is 5.80. The van der Waals surface area contributed by atoms with Crippen molar-refractivity contribution in [2.75, 3.05) is 6.26 Å². The molecule has 1 aliphatic rings. The molecule has 1 aliphatic carbocycles. The van der Waals surface area contributed by atoms with Gasteiger partial charge < -0.3 is 0 Å². The summed E-state index contributed by atoms with van der Waals surface area (Å²) in [5.74, 6) is 0.135. The number of hydrogen-bond acceptors (Lipinski definition) is 6. The third kappa shape index (κ3) is 3.73. The number of thioether (sulfide) groups is 1. The fraction of sp³-hybridized carbons (Fsp3) is 0.300. The normalized spacial score (nSPS) is 16.0. The van der Waals surface area contributed by atoms with Crippen LogP contribution < -0.4 is 0 Å². The van der Waals surface area contributed by atoms with Crippen LogP contribution in [0.25, 0.3) is 10.6 Å². The number of fused-ring (bicyclic) bond motifs is 1. The molecule has 10 heteroatoms. The topological polar surface area (TPSA) is 69.0 Å². The number of carbonyl (C=O) groups is 1. The van der Waals surface area contributed by atoms with Gasteiger partial charge in [-0.1, -0.05) is 37.0 Å². The minimum absolute atomic E-state index is 0.000808. The molecule has 0 saturated heterocycles. The number of halogens is 2. The molecule has 30 heavy (non-hydrogen) atoms. The largest absolute Gasteiger partial charge is 0.294 e. The molecule has 0 aliphatic heterocycles. The van der Waals surface area contributed by atoms with Crippen molar-refractivity contribution < 1.29 is 13.2 Å². The number of ketones is 1. The summed E-state index contributed by atoms with van der Waals surface area (Å²) in [5, 5.41) is 4.78. The quantitative estimate of drug-likeness (QED) is 0.408. The van der Waals surface area contributed by atoms with Crippen molar-refractivity contribution in [1.82, 2.24) is 9.19 Å². The molecule has 0 bridgehead atoms. The Hall–Kier alpha value is -1.32. The molecular formula is C20H18Cl2N2O3S3. The van der Waals surface area contributed by atoms with E-state index in [1.165, 1.54) is 47.5 Å². The van der Waals surface area contributed by atoms with Crippen molar-refractivity contribution in [3.8, 4) is 10.6 Å². The van der Waals surface area contributed by atoms with E-state index in [9.17, 15) is 13.2 Å². The highest BCUT2D eigenvalue weighted by atomic mass is 35.5. The van der Waals surface area contributed by atoms with E-state index in [1.807, 2.05) is 6.26 Å². The smallest absolute Gasteiger partial charge is 0.283 e. The van der Waals surface area contributed by atoms with Crippen LogP contribution in [-0.2, 0) is 16.4 Å². The first-order chi connectivity index (χ1) is 14.0. The van der Waals surface area contributed by atoms with Crippen molar-refractivity contribution in [3.05, 3.63) is 51.6 Å². The first kappa shape index (κ1) is 21.9. The highest BCUT2D eigenvalue weighted by molar-refractivity contribution is 8.00. The lowest BCUT2D eigenvalue weighted by Crippen LogP contribution is -2.26. The third-order valence-corrected chi connectivity index (χ3v) is 9.63. The SMILES string of the molecule is CSc1sc(-c2ccn(S(=O)(=O)c3ccc(Cl)c(Cl)c3)n2)c2c1C(=O)CC(C)(C)C2. The van der Waals surface area contributed by atoms with Crippen molar-refractivity contribution in [3.63, 3.8) is 0 Å². The van der Waals surface area contributed by atoms with E-state index in [-0.39, 0.29) is 26.1 Å². The van der Waals surface area contributed by atoms with Crippen LogP contribution in [0.4, 0.5) is 0 Å². The van der Waals surface area contributed by atoms with E-state index >= 15 is 0 Å². The maximum atomic E-state index is 13.0. The van der Waals surface area contributed by atoms with E-state index in [0.29, 0.717) is 12.1 Å². The molecule has 0 N–H and O–H groups in total. The summed E-state index contributed by atoms with van der Waals surface area (Å²) in [5.41, 5.74) is 2.11. The molecule has 0 amide bonds. The highest BCUT2D eigenvalue weighted by Gasteiger charge is 2.36. The fourth-order valence-corrected chi connectivity index (χ4v) is 7.18. The summed E-state index contributed by atoms with van der Waals surface area (Å²) < 4.78 is 27.9. The summed E-state index contributed by atoms with van der Waals surface area (Å²) in [6.07, 6.45) is 4.60. The minimum atomic E-state index is -3.92.